The SMILES string of the molecule is NC12CC(F)(CNC1=O)C2. The molecule has 2 saturated heterocycles. The predicted octanol–water partition coefficient (Wildman–Crippen LogP) is -0.684. The number of hydrogen-bond acceptors (Lipinski definition) is 2. The molecule has 1 aliphatic carbocycles. The van der Waals surface area contributed by atoms with E-state index < -0.39 is 11.2 Å². The highest BCUT2D eigenvalue weighted by Gasteiger charge is 2.61. The lowest BCUT2D eigenvalue weighted by Crippen LogP contribution is -2.75. The van der Waals surface area contributed by atoms with Crippen molar-refractivity contribution in [3.63, 3.8) is 0 Å². The molecule has 0 aromatic carbocycles. The summed E-state index contributed by atoms with van der Waals surface area (Å²) in [5.74, 6) is -0.202. The van der Waals surface area contributed by atoms with Crippen molar-refractivity contribution < 1.29 is 9.18 Å². The van der Waals surface area contributed by atoms with E-state index in [2.05, 4.69) is 5.32 Å². The monoisotopic (exact) mass is 144 g/mol. The van der Waals surface area contributed by atoms with Crippen LogP contribution in [0.2, 0.25) is 0 Å². The average molecular weight is 144 g/mol. The molecule has 3 nitrogen and oxygen atoms in total. The summed E-state index contributed by atoms with van der Waals surface area (Å²) in [5.41, 5.74) is 3.45. The Morgan fingerprint density at radius 2 is 2.20 bits per heavy atom. The molecule has 0 aromatic heterocycles. The number of hydrogen-bond donors (Lipinski definition) is 2. The Morgan fingerprint density at radius 1 is 1.60 bits per heavy atom. The van der Waals surface area contributed by atoms with Crippen molar-refractivity contribution in [1.82, 2.24) is 5.32 Å². The molecule has 10 heavy (non-hydrogen) atoms. The van der Waals surface area contributed by atoms with Gasteiger partial charge in [-0.05, 0) is 0 Å². The van der Waals surface area contributed by atoms with Gasteiger partial charge < -0.3 is 11.1 Å². The molecule has 2 bridgehead atoms. The second kappa shape index (κ2) is 1.34. The fourth-order valence-electron chi connectivity index (χ4n) is 1.78. The first-order valence-corrected chi connectivity index (χ1v) is 3.30. The molecular formula is C6H9FN2O. The van der Waals surface area contributed by atoms with E-state index in [0.717, 1.165) is 0 Å². The lowest BCUT2D eigenvalue weighted by atomic mass is 9.63. The summed E-state index contributed by atoms with van der Waals surface area (Å²) in [4.78, 5) is 10.9. The van der Waals surface area contributed by atoms with Crippen molar-refractivity contribution >= 4 is 5.91 Å². The molecular weight excluding hydrogens is 135 g/mol. The summed E-state index contributed by atoms with van der Waals surface area (Å²) in [6.07, 6.45) is 0.400. The van der Waals surface area contributed by atoms with Gasteiger partial charge in [0.1, 0.15) is 11.2 Å². The van der Waals surface area contributed by atoms with Gasteiger partial charge in [0.05, 0.1) is 6.54 Å². The van der Waals surface area contributed by atoms with Crippen LogP contribution in [-0.4, -0.2) is 23.7 Å². The zero-order valence-corrected chi connectivity index (χ0v) is 5.48. The van der Waals surface area contributed by atoms with E-state index in [0.29, 0.717) is 0 Å². The molecule has 0 aromatic rings. The molecule has 3 N–H and O–H groups in total. The maximum Gasteiger partial charge on any atom is 0.240 e. The highest BCUT2D eigenvalue weighted by molar-refractivity contribution is 5.89. The van der Waals surface area contributed by atoms with Crippen LogP contribution < -0.4 is 11.1 Å². The number of fused-ring (bicyclic) bond motifs is 2. The number of carbonyl (C=O) groups is 1. The molecule has 56 valence electrons. The van der Waals surface area contributed by atoms with E-state index in [1.807, 2.05) is 0 Å². The maximum atomic E-state index is 13.1. The van der Waals surface area contributed by atoms with Crippen molar-refractivity contribution in [2.75, 3.05) is 6.54 Å². The van der Waals surface area contributed by atoms with Crippen LogP contribution in [0.15, 0.2) is 0 Å². The molecule has 0 unspecified atom stereocenters. The minimum Gasteiger partial charge on any atom is -0.351 e. The van der Waals surface area contributed by atoms with E-state index in [9.17, 15) is 9.18 Å². The summed E-state index contributed by atoms with van der Waals surface area (Å²) < 4.78 is 13.1. The van der Waals surface area contributed by atoms with Crippen molar-refractivity contribution in [2.24, 2.45) is 5.73 Å². The van der Waals surface area contributed by atoms with Crippen molar-refractivity contribution in [3.05, 3.63) is 0 Å². The normalized spacial score (nSPS) is 51.6. The average Bonchev–Trinajstić information content (AvgIpc) is 1.76. The highest BCUT2D eigenvalue weighted by atomic mass is 19.1. The Kier molecular flexibility index (Phi) is 0.819. The van der Waals surface area contributed by atoms with Crippen LogP contribution in [-0.2, 0) is 4.79 Å². The minimum atomic E-state index is -1.19. The zero-order chi connectivity index (χ0) is 7.41. The fourth-order valence-corrected chi connectivity index (χ4v) is 1.78. The number of piperidine rings is 2. The number of halogens is 1. The summed E-state index contributed by atoms with van der Waals surface area (Å²) in [5, 5.41) is 2.42. The van der Waals surface area contributed by atoms with Crippen LogP contribution in [0.3, 0.4) is 0 Å². The Balaban J connectivity index is 2.23. The van der Waals surface area contributed by atoms with Gasteiger partial charge in [-0.25, -0.2) is 4.39 Å². The van der Waals surface area contributed by atoms with Crippen LogP contribution >= 0.6 is 0 Å². The van der Waals surface area contributed by atoms with Gasteiger partial charge in [-0.15, -0.1) is 0 Å². The Bertz CT molecular complexity index is 198. The van der Waals surface area contributed by atoms with Gasteiger partial charge in [0, 0.05) is 12.8 Å². The maximum absolute atomic E-state index is 13.1. The van der Waals surface area contributed by atoms with E-state index in [4.69, 9.17) is 5.73 Å². The Morgan fingerprint density at radius 3 is 2.60 bits per heavy atom. The first kappa shape index (κ1) is 6.09. The highest BCUT2D eigenvalue weighted by Crippen LogP contribution is 2.45. The van der Waals surface area contributed by atoms with Crippen LogP contribution in [0.4, 0.5) is 4.39 Å². The lowest BCUT2D eigenvalue weighted by molar-refractivity contribution is -0.146. The Hall–Kier alpha value is -0.640. The molecule has 3 rings (SSSR count). The first-order valence-electron chi connectivity index (χ1n) is 3.30. The number of carbonyl (C=O) groups excluding carboxylic acids is 1. The van der Waals surface area contributed by atoms with Gasteiger partial charge in [0.15, 0.2) is 0 Å². The summed E-state index contributed by atoms with van der Waals surface area (Å²) in [7, 11) is 0. The summed E-state index contributed by atoms with van der Waals surface area (Å²) >= 11 is 0. The second-order valence-electron chi connectivity index (χ2n) is 3.34. The van der Waals surface area contributed by atoms with Crippen LogP contribution in [0.25, 0.3) is 0 Å². The molecule has 1 saturated carbocycles. The van der Waals surface area contributed by atoms with Crippen molar-refractivity contribution in [1.29, 1.82) is 0 Å². The number of rotatable bonds is 0. The fraction of sp³-hybridized carbons (Fsp3) is 0.833. The third-order valence-electron chi connectivity index (χ3n) is 2.28. The molecule has 2 heterocycles. The molecule has 4 heteroatoms. The van der Waals surface area contributed by atoms with Crippen molar-refractivity contribution in [2.45, 2.75) is 24.0 Å². The number of amides is 1. The quantitative estimate of drug-likeness (QED) is 0.473. The van der Waals surface area contributed by atoms with Gasteiger partial charge >= 0.3 is 0 Å². The molecule has 3 aliphatic rings. The van der Waals surface area contributed by atoms with E-state index >= 15 is 0 Å². The van der Waals surface area contributed by atoms with Crippen LogP contribution in [0, 0.1) is 0 Å². The molecule has 0 atom stereocenters. The van der Waals surface area contributed by atoms with Gasteiger partial charge in [-0.3, -0.25) is 4.79 Å². The van der Waals surface area contributed by atoms with Crippen LogP contribution in [0.5, 0.6) is 0 Å². The van der Waals surface area contributed by atoms with E-state index in [-0.39, 0.29) is 25.3 Å². The summed E-state index contributed by atoms with van der Waals surface area (Å²) in [6.45, 7) is 0.144. The zero-order valence-electron chi connectivity index (χ0n) is 5.48. The van der Waals surface area contributed by atoms with Gasteiger partial charge in [-0.2, -0.15) is 0 Å². The molecule has 3 fully saturated rings. The third kappa shape index (κ3) is 0.546. The number of nitrogens with one attached hydrogen (secondary N) is 1. The predicted molar refractivity (Wildman–Crippen MR) is 33.0 cm³/mol. The molecule has 0 radical (unpaired) electrons. The molecule has 2 aliphatic heterocycles. The van der Waals surface area contributed by atoms with Crippen LogP contribution in [0.1, 0.15) is 12.8 Å². The summed E-state index contributed by atoms with van der Waals surface area (Å²) in [6, 6.07) is 0. The second-order valence-corrected chi connectivity index (χ2v) is 3.34. The number of alkyl halides is 1. The van der Waals surface area contributed by atoms with E-state index in [1.165, 1.54) is 0 Å². The lowest BCUT2D eigenvalue weighted by Gasteiger charge is -2.52. The largest absolute Gasteiger partial charge is 0.351 e. The van der Waals surface area contributed by atoms with Gasteiger partial charge in [0.25, 0.3) is 0 Å². The van der Waals surface area contributed by atoms with Gasteiger partial charge in [0.2, 0.25) is 5.91 Å². The molecule has 0 spiro atoms. The Labute approximate surface area is 57.8 Å². The smallest absolute Gasteiger partial charge is 0.240 e. The third-order valence-corrected chi connectivity index (χ3v) is 2.28. The topological polar surface area (TPSA) is 55.1 Å². The number of nitrogens with two attached hydrogens (primary N) is 1. The standard InChI is InChI=1S/C6H9FN2O/c7-5-1-6(8,2-5)4(10)9-3-5/h1-3,8H2,(H,9,10). The van der Waals surface area contributed by atoms with Crippen molar-refractivity contribution in [3.8, 4) is 0 Å². The van der Waals surface area contributed by atoms with E-state index in [1.54, 1.807) is 0 Å². The van der Waals surface area contributed by atoms with Gasteiger partial charge in [-0.1, -0.05) is 0 Å². The molecule has 1 amide bonds. The minimum absolute atomic E-state index is 0.144. The first-order chi connectivity index (χ1) is 4.54.